The van der Waals surface area contributed by atoms with E-state index in [1.54, 1.807) is 25.1 Å². The lowest BCUT2D eigenvalue weighted by molar-refractivity contribution is 0.0456. The van der Waals surface area contributed by atoms with Crippen molar-refractivity contribution in [3.63, 3.8) is 0 Å². The number of carbonyl (C=O) groups is 1. The van der Waals surface area contributed by atoms with Gasteiger partial charge in [0.2, 0.25) is 10.0 Å². The molecule has 2 heterocycles. The van der Waals surface area contributed by atoms with E-state index in [0.717, 1.165) is 49.4 Å². The molecule has 4 aliphatic rings. The van der Waals surface area contributed by atoms with Crippen LogP contribution in [0.5, 0.6) is 5.75 Å². The molecule has 2 aromatic rings. The van der Waals surface area contributed by atoms with Gasteiger partial charge in [0.1, 0.15) is 5.75 Å². The minimum atomic E-state index is -3.86. The van der Waals surface area contributed by atoms with E-state index in [9.17, 15) is 18.3 Å². The Morgan fingerprint density at radius 3 is 2.80 bits per heavy atom. The summed E-state index contributed by atoms with van der Waals surface area (Å²) >= 11 is 6.37. The van der Waals surface area contributed by atoms with Crippen LogP contribution in [0.3, 0.4) is 0 Å². The van der Waals surface area contributed by atoms with Gasteiger partial charge in [-0.25, -0.2) is 13.1 Å². The van der Waals surface area contributed by atoms with Gasteiger partial charge in [0.15, 0.2) is 0 Å². The van der Waals surface area contributed by atoms with Gasteiger partial charge in [-0.2, -0.15) is 0 Å². The highest BCUT2D eigenvalue weighted by Gasteiger charge is 2.44. The fourth-order valence-electron chi connectivity index (χ4n) is 6.96. The molecule has 214 valence electrons. The Morgan fingerprint density at radius 1 is 1.15 bits per heavy atom. The second kappa shape index (κ2) is 10.7. The first-order chi connectivity index (χ1) is 19.1. The van der Waals surface area contributed by atoms with E-state index < -0.39 is 27.3 Å². The van der Waals surface area contributed by atoms with Crippen LogP contribution in [0.2, 0.25) is 5.02 Å². The standard InChI is InChI=1S/C31H37ClN2O5S/c1-20-5-2-3-7-28(35)25-11-8-23(25)17-34-18-31(14-4-6-21-15-24(32)10-12-26(21)31)19-39-29-13-9-22(16-27(29)34)30(36)33-40(20,37)38/h3,7,9-10,12-13,15-16,20,23,25,28,35H,2,4-6,8,11,14,17-19H2,1H3,(H,33,36)/b7-3+/t20-,23+,25-,28-,31+/m1/s1. The summed E-state index contributed by atoms with van der Waals surface area (Å²) in [5.41, 5.74) is 3.33. The van der Waals surface area contributed by atoms with Gasteiger partial charge in [-0.05, 0) is 105 Å². The molecule has 1 fully saturated rings. The molecular formula is C31H37ClN2O5S. The molecule has 40 heavy (non-hydrogen) atoms. The van der Waals surface area contributed by atoms with Crippen molar-refractivity contribution >= 4 is 33.2 Å². The number of allylic oxidation sites excluding steroid dienone is 1. The van der Waals surface area contributed by atoms with E-state index in [-0.39, 0.29) is 16.9 Å². The molecule has 2 N–H and O–H groups in total. The number of hydrogen-bond donors (Lipinski definition) is 2. The number of sulfonamides is 1. The zero-order chi connectivity index (χ0) is 28.1. The summed E-state index contributed by atoms with van der Waals surface area (Å²) in [7, 11) is -3.86. The molecule has 0 saturated heterocycles. The van der Waals surface area contributed by atoms with Gasteiger partial charge in [0.25, 0.3) is 5.91 Å². The lowest BCUT2D eigenvalue weighted by Gasteiger charge is -2.45. The number of rotatable bonds is 0. The molecule has 1 amide bonds. The van der Waals surface area contributed by atoms with Gasteiger partial charge in [-0.3, -0.25) is 4.79 Å². The van der Waals surface area contributed by atoms with E-state index in [0.29, 0.717) is 37.7 Å². The van der Waals surface area contributed by atoms with Crippen molar-refractivity contribution in [2.45, 2.75) is 68.6 Å². The SMILES string of the molecule is C[C@@H]1CC/C=C/[C@@H](O)[C@@H]2CC[C@H]2CN2C[C@@]3(CCCc4cc(Cl)ccc43)COc3ccc(cc32)C(=O)NS1(=O)=O. The number of nitrogens with zero attached hydrogens (tertiary/aromatic N) is 1. The maximum atomic E-state index is 13.2. The zero-order valence-electron chi connectivity index (χ0n) is 22.8. The molecule has 2 bridgehead atoms. The Balaban J connectivity index is 1.42. The van der Waals surface area contributed by atoms with Crippen LogP contribution >= 0.6 is 11.6 Å². The summed E-state index contributed by atoms with van der Waals surface area (Å²) < 4.78 is 34.6. The van der Waals surface area contributed by atoms with Crippen molar-refractivity contribution in [3.8, 4) is 5.75 Å². The molecule has 5 atom stereocenters. The van der Waals surface area contributed by atoms with Crippen molar-refractivity contribution in [1.29, 1.82) is 0 Å². The summed E-state index contributed by atoms with van der Waals surface area (Å²) in [6.07, 6.45) is 8.95. The number of fused-ring (bicyclic) bond motifs is 4. The number of aliphatic hydroxyl groups excluding tert-OH is 1. The van der Waals surface area contributed by atoms with Crippen LogP contribution < -0.4 is 14.4 Å². The highest BCUT2D eigenvalue weighted by Crippen LogP contribution is 2.46. The number of carbonyl (C=O) groups excluding carboxylic acids is 1. The van der Waals surface area contributed by atoms with E-state index in [2.05, 4.69) is 21.8 Å². The second-order valence-electron chi connectivity index (χ2n) is 12.1. The predicted octanol–water partition coefficient (Wildman–Crippen LogP) is 5.00. The lowest BCUT2D eigenvalue weighted by atomic mass is 9.68. The topological polar surface area (TPSA) is 95.9 Å². The largest absolute Gasteiger partial charge is 0.490 e. The highest BCUT2D eigenvalue weighted by molar-refractivity contribution is 7.90. The zero-order valence-corrected chi connectivity index (χ0v) is 24.4. The number of aliphatic hydroxyl groups is 1. The molecule has 1 spiro atoms. The molecule has 6 rings (SSSR count). The van der Waals surface area contributed by atoms with E-state index >= 15 is 0 Å². The predicted molar refractivity (Wildman–Crippen MR) is 157 cm³/mol. The first-order valence-corrected chi connectivity index (χ1v) is 16.3. The number of amides is 1. The number of anilines is 1. The Morgan fingerprint density at radius 2 is 2.00 bits per heavy atom. The number of ether oxygens (including phenoxy) is 1. The molecule has 0 aromatic heterocycles. The second-order valence-corrected chi connectivity index (χ2v) is 14.6. The van der Waals surface area contributed by atoms with Crippen molar-refractivity contribution < 1.29 is 23.1 Å². The molecule has 2 aromatic carbocycles. The van der Waals surface area contributed by atoms with E-state index in [1.165, 1.54) is 11.1 Å². The van der Waals surface area contributed by atoms with E-state index in [4.69, 9.17) is 16.3 Å². The fourth-order valence-corrected chi connectivity index (χ4v) is 8.18. The van der Waals surface area contributed by atoms with Gasteiger partial charge in [0, 0.05) is 29.1 Å². The van der Waals surface area contributed by atoms with Crippen LogP contribution in [-0.4, -0.2) is 50.5 Å². The highest BCUT2D eigenvalue weighted by atomic mass is 35.5. The molecule has 7 nitrogen and oxygen atoms in total. The van der Waals surface area contributed by atoms with Crippen LogP contribution in [0.1, 0.15) is 66.9 Å². The summed E-state index contributed by atoms with van der Waals surface area (Å²) in [5.74, 6) is 0.479. The van der Waals surface area contributed by atoms with Gasteiger partial charge in [-0.15, -0.1) is 0 Å². The number of halogens is 1. The van der Waals surface area contributed by atoms with Crippen LogP contribution in [0.4, 0.5) is 5.69 Å². The number of nitrogens with one attached hydrogen (secondary N) is 1. The number of hydrogen-bond acceptors (Lipinski definition) is 6. The molecule has 9 heteroatoms. The Hall–Kier alpha value is -2.55. The third-order valence-electron chi connectivity index (χ3n) is 9.51. The molecular weight excluding hydrogens is 548 g/mol. The number of aryl methyl sites for hydroxylation is 1. The van der Waals surface area contributed by atoms with Gasteiger partial charge >= 0.3 is 0 Å². The molecule has 1 saturated carbocycles. The summed E-state index contributed by atoms with van der Waals surface area (Å²) in [5, 5.41) is 11.0. The average molecular weight is 585 g/mol. The maximum Gasteiger partial charge on any atom is 0.264 e. The van der Waals surface area contributed by atoms with Crippen LogP contribution in [0, 0.1) is 11.8 Å². The smallest absolute Gasteiger partial charge is 0.264 e. The van der Waals surface area contributed by atoms with Crippen molar-refractivity contribution in [3.05, 3.63) is 70.3 Å². The normalized spacial score (nSPS) is 32.5. The lowest BCUT2D eigenvalue weighted by Crippen LogP contribution is -2.49. The quantitative estimate of drug-likeness (QED) is 0.423. The molecule has 0 unspecified atom stereocenters. The van der Waals surface area contributed by atoms with Crippen LogP contribution in [-0.2, 0) is 21.9 Å². The monoisotopic (exact) mass is 584 g/mol. The maximum absolute atomic E-state index is 13.2. The minimum absolute atomic E-state index is 0.137. The summed E-state index contributed by atoms with van der Waals surface area (Å²) in [6, 6.07) is 11.4. The van der Waals surface area contributed by atoms with Crippen molar-refractivity contribution in [2.24, 2.45) is 11.8 Å². The van der Waals surface area contributed by atoms with E-state index in [1.807, 2.05) is 18.2 Å². The fraction of sp³-hybridized carbons (Fsp3) is 0.516. The average Bonchev–Trinajstić information content (AvgIpc) is 3.05. The third kappa shape index (κ3) is 5.14. The molecule has 0 radical (unpaired) electrons. The molecule has 2 aliphatic heterocycles. The first-order valence-electron chi connectivity index (χ1n) is 14.4. The summed E-state index contributed by atoms with van der Waals surface area (Å²) in [4.78, 5) is 15.5. The van der Waals surface area contributed by atoms with Gasteiger partial charge in [-0.1, -0.05) is 29.8 Å². The Kier molecular flexibility index (Phi) is 7.38. The van der Waals surface area contributed by atoms with Crippen LogP contribution in [0.25, 0.3) is 0 Å². The third-order valence-corrected chi connectivity index (χ3v) is 11.5. The van der Waals surface area contributed by atoms with Crippen molar-refractivity contribution in [2.75, 3.05) is 24.6 Å². The Labute approximate surface area is 241 Å². The molecule has 2 aliphatic carbocycles. The van der Waals surface area contributed by atoms with Gasteiger partial charge in [0.05, 0.1) is 23.6 Å². The van der Waals surface area contributed by atoms with Crippen molar-refractivity contribution in [1.82, 2.24) is 4.72 Å². The first kappa shape index (κ1) is 27.6. The Bertz CT molecular complexity index is 1440. The van der Waals surface area contributed by atoms with Gasteiger partial charge < -0.3 is 14.7 Å². The minimum Gasteiger partial charge on any atom is -0.490 e. The van der Waals surface area contributed by atoms with Crippen LogP contribution in [0.15, 0.2) is 48.6 Å². The number of benzene rings is 2. The summed E-state index contributed by atoms with van der Waals surface area (Å²) in [6.45, 7) is 3.52.